The van der Waals surface area contributed by atoms with E-state index in [-0.39, 0.29) is 32.7 Å². The monoisotopic (exact) mass is 588 g/mol. The molecule has 0 aromatic carbocycles. The summed E-state index contributed by atoms with van der Waals surface area (Å²) in [7, 11) is 0. The van der Waals surface area contributed by atoms with Gasteiger partial charge in [0.25, 0.3) is 0 Å². The fourth-order valence-electron chi connectivity index (χ4n) is 1.48. The number of hydrogen-bond donors (Lipinski definition) is 11. The molecule has 0 aromatic heterocycles. The normalized spacial score (nSPS) is 8.93. The Kier molecular flexibility index (Phi) is 34.5. The zero-order valence-corrected chi connectivity index (χ0v) is 21.2. The maximum atomic E-state index is 10.6. The number of carboxylic acids is 7. The number of nitrogens with two attached hydrogens (primary N) is 4. The summed E-state index contributed by atoms with van der Waals surface area (Å²) in [5.74, 6) is -8.29. The molecule has 0 radical (unpaired) electrons. The molecule has 0 bridgehead atoms. The lowest BCUT2D eigenvalue weighted by Gasteiger charge is -2.23. The van der Waals surface area contributed by atoms with Gasteiger partial charge in [-0.25, -0.2) is 0 Å². The molecule has 0 heterocycles. The van der Waals surface area contributed by atoms with E-state index in [1.54, 1.807) is 0 Å². The molecular weight excluding hydrogens is 552 g/mol. The van der Waals surface area contributed by atoms with E-state index in [0.29, 0.717) is 0 Å². The molecule has 0 aliphatic heterocycles. The fourth-order valence-corrected chi connectivity index (χ4v) is 1.48. The molecule has 1 amide bonds. The Morgan fingerprint density at radius 2 is 0.650 bits per heavy atom. The summed E-state index contributed by atoms with van der Waals surface area (Å²) in [6.45, 7) is 0.00177. The van der Waals surface area contributed by atoms with Crippen molar-refractivity contribution < 1.29 is 74.1 Å². The van der Waals surface area contributed by atoms with Gasteiger partial charge in [-0.2, -0.15) is 0 Å². The Morgan fingerprint density at radius 3 is 0.725 bits per heavy atom. The second kappa shape index (κ2) is 30.5. The molecule has 0 saturated heterocycles. The minimum absolute atomic E-state index is 0.0703. The highest BCUT2D eigenvalue weighted by molar-refractivity contribution is 5.85. The van der Waals surface area contributed by atoms with Gasteiger partial charge in [-0.3, -0.25) is 48.2 Å². The molecule has 0 aliphatic carbocycles. The van der Waals surface area contributed by atoms with Crippen molar-refractivity contribution in [2.75, 3.05) is 58.9 Å². The molecule has 40 heavy (non-hydrogen) atoms. The highest BCUT2D eigenvalue weighted by Gasteiger charge is 2.18. The molecule has 232 valence electrons. The maximum Gasteiger partial charge on any atom is 0.317 e. The number of carbonyl (C=O) groups is 8. The Labute approximate surface area is 226 Å². The van der Waals surface area contributed by atoms with Crippen LogP contribution < -0.4 is 22.9 Å². The maximum absolute atomic E-state index is 10.6. The van der Waals surface area contributed by atoms with Crippen molar-refractivity contribution in [3.63, 3.8) is 0 Å². The van der Waals surface area contributed by atoms with Gasteiger partial charge in [-0.1, -0.05) is 6.58 Å². The van der Waals surface area contributed by atoms with Gasteiger partial charge in [-0.15, -0.1) is 0 Å². The van der Waals surface area contributed by atoms with Gasteiger partial charge >= 0.3 is 41.8 Å². The first-order chi connectivity index (χ1) is 18.3. The van der Waals surface area contributed by atoms with Crippen molar-refractivity contribution in [3.05, 3.63) is 12.7 Å². The van der Waals surface area contributed by atoms with Crippen LogP contribution in [0.5, 0.6) is 0 Å². The third-order valence-electron chi connectivity index (χ3n) is 2.89. The number of hydrogen-bond acceptors (Lipinski definition) is 13. The summed E-state index contributed by atoms with van der Waals surface area (Å²) in [6.07, 6.45) is 1.06. The van der Waals surface area contributed by atoms with Crippen molar-refractivity contribution in [1.82, 2.24) is 9.80 Å². The lowest BCUT2D eigenvalue weighted by molar-refractivity contribution is -0.145. The number of carbonyl (C=O) groups excluding carboxylic acids is 1. The van der Waals surface area contributed by atoms with E-state index in [4.69, 9.17) is 35.7 Å². The Morgan fingerprint density at radius 1 is 0.500 bits per heavy atom. The van der Waals surface area contributed by atoms with Crippen LogP contribution in [0.25, 0.3) is 0 Å². The van der Waals surface area contributed by atoms with Crippen LogP contribution in [-0.2, 0) is 38.4 Å². The lowest BCUT2D eigenvalue weighted by Crippen LogP contribution is -2.43. The molecule has 0 aromatic rings. The standard InChI is InChI=1S/C10H16N2O8.C3H5NO.3C2H5NO2/c13-7(14)3-11(4-8(15)16)1-2-12(5-9(17)18)6-10(19)20;1-2-3(4)5;3*3-1-2(4)5/h1-6H2,(H,13,14)(H,15,16)(H,17,18)(H,19,20);2H,1H2,(H2,4,5);3*1,3H2,(H,4,5). The average Bonchev–Trinajstić information content (AvgIpc) is 2.82. The quantitative estimate of drug-likeness (QED) is 0.0795. The minimum atomic E-state index is -1.23. The molecule has 0 saturated carbocycles. The number of rotatable bonds is 15. The lowest BCUT2D eigenvalue weighted by atomic mass is 10.4. The molecule has 0 rings (SSSR count). The topological polar surface area (TPSA) is 389 Å². The zero-order chi connectivity index (χ0) is 32.8. The molecule has 21 nitrogen and oxygen atoms in total. The van der Waals surface area contributed by atoms with Crippen molar-refractivity contribution in [2.45, 2.75) is 0 Å². The summed E-state index contributed by atoms with van der Waals surface area (Å²) in [5.41, 5.74) is 18.2. The molecule has 0 spiro atoms. The minimum Gasteiger partial charge on any atom is -0.480 e. The van der Waals surface area contributed by atoms with Gasteiger partial charge < -0.3 is 58.7 Å². The molecule has 0 fully saturated rings. The van der Waals surface area contributed by atoms with E-state index in [2.05, 4.69) is 29.5 Å². The Bertz CT molecular complexity index is 721. The van der Waals surface area contributed by atoms with Crippen molar-refractivity contribution >= 4 is 47.7 Å². The Hall–Kier alpha value is -4.70. The van der Waals surface area contributed by atoms with Crippen LogP contribution in [0.3, 0.4) is 0 Å². The van der Waals surface area contributed by atoms with Gasteiger partial charge in [0.05, 0.1) is 45.8 Å². The molecule has 15 N–H and O–H groups in total. The van der Waals surface area contributed by atoms with Crippen LogP contribution in [0.15, 0.2) is 12.7 Å². The summed E-state index contributed by atoms with van der Waals surface area (Å²) >= 11 is 0. The van der Waals surface area contributed by atoms with Gasteiger partial charge in [0.1, 0.15) is 0 Å². The number of carboxylic acid groups (broad SMARTS) is 7. The molecule has 0 atom stereocenters. The number of primary amides is 1. The van der Waals surface area contributed by atoms with E-state index in [1.165, 1.54) is 0 Å². The van der Waals surface area contributed by atoms with Crippen molar-refractivity contribution in [2.24, 2.45) is 22.9 Å². The first-order valence-electron chi connectivity index (χ1n) is 10.3. The molecule has 0 unspecified atom stereocenters. The van der Waals surface area contributed by atoms with Gasteiger partial charge in [-0.05, 0) is 6.08 Å². The van der Waals surface area contributed by atoms with Gasteiger partial charge in [0.15, 0.2) is 0 Å². The predicted octanol–water partition coefficient (Wildman–Crippen LogP) is -5.32. The predicted molar refractivity (Wildman–Crippen MR) is 133 cm³/mol. The third kappa shape index (κ3) is 58.8. The second-order valence-electron chi connectivity index (χ2n) is 6.40. The second-order valence-corrected chi connectivity index (χ2v) is 6.40. The van der Waals surface area contributed by atoms with Crippen molar-refractivity contribution in [3.8, 4) is 0 Å². The molecule has 0 aliphatic rings. The van der Waals surface area contributed by atoms with Crippen LogP contribution in [0.4, 0.5) is 0 Å². The van der Waals surface area contributed by atoms with Crippen molar-refractivity contribution in [1.29, 1.82) is 0 Å². The zero-order valence-electron chi connectivity index (χ0n) is 21.2. The highest BCUT2D eigenvalue weighted by atomic mass is 16.4. The van der Waals surface area contributed by atoms with Crippen LogP contribution >= 0.6 is 0 Å². The van der Waals surface area contributed by atoms with E-state index < -0.39 is 73.9 Å². The van der Waals surface area contributed by atoms with E-state index >= 15 is 0 Å². The number of amides is 1. The highest BCUT2D eigenvalue weighted by Crippen LogP contribution is 1.94. The van der Waals surface area contributed by atoms with Crippen LogP contribution in [-0.4, -0.2) is 152 Å². The first kappa shape index (κ1) is 45.2. The van der Waals surface area contributed by atoms with E-state index in [9.17, 15) is 38.4 Å². The van der Waals surface area contributed by atoms with Gasteiger partial charge in [0, 0.05) is 13.1 Å². The molecule has 21 heteroatoms. The first-order valence-corrected chi connectivity index (χ1v) is 10.3. The summed E-state index contributed by atoms with van der Waals surface area (Å²) < 4.78 is 0. The van der Waals surface area contributed by atoms with E-state index in [1.807, 2.05) is 0 Å². The molecular formula is C19H36N6O15. The summed E-state index contributed by atoms with van der Waals surface area (Å²) in [4.78, 5) is 81.6. The van der Waals surface area contributed by atoms with Gasteiger partial charge in [0.2, 0.25) is 5.91 Å². The smallest absolute Gasteiger partial charge is 0.317 e. The summed E-state index contributed by atoms with van der Waals surface area (Å²) in [5, 5.41) is 57.3. The SMILES string of the molecule is C=CC(N)=O.NCC(=O)O.NCC(=O)O.NCC(=O)O.O=C(O)CN(CCN(CC(=O)O)CC(=O)O)CC(=O)O. The largest absolute Gasteiger partial charge is 0.480 e. The van der Waals surface area contributed by atoms with Crippen LogP contribution in [0.1, 0.15) is 0 Å². The summed E-state index contributed by atoms with van der Waals surface area (Å²) in [6, 6.07) is 0. The van der Waals surface area contributed by atoms with Crippen LogP contribution in [0, 0.1) is 0 Å². The average molecular weight is 589 g/mol. The van der Waals surface area contributed by atoms with Crippen LogP contribution in [0.2, 0.25) is 0 Å². The Balaban J connectivity index is -0.000000164. The third-order valence-corrected chi connectivity index (χ3v) is 2.89. The number of nitrogens with zero attached hydrogens (tertiary/aromatic N) is 2. The number of aliphatic carboxylic acids is 7. The fraction of sp³-hybridized carbons (Fsp3) is 0.474. The van der Waals surface area contributed by atoms with E-state index in [0.717, 1.165) is 15.9 Å².